The molecule has 2 N–H and O–H groups in total. The summed E-state index contributed by atoms with van der Waals surface area (Å²) >= 11 is 3.32. The molecular formula is C14H20BrFN2O4S. The van der Waals surface area contributed by atoms with Crippen LogP contribution in [0.2, 0.25) is 0 Å². The Balaban J connectivity index is 2.24. The van der Waals surface area contributed by atoms with E-state index in [1.165, 1.54) is 13.2 Å². The summed E-state index contributed by atoms with van der Waals surface area (Å²) in [6, 6.07) is 2.76. The number of halogens is 2. The van der Waals surface area contributed by atoms with Gasteiger partial charge in [0.05, 0.1) is 30.3 Å². The average molecular weight is 411 g/mol. The molecular weight excluding hydrogens is 391 g/mol. The normalized spacial score (nSPS) is 21.6. The number of sulfonamides is 1. The summed E-state index contributed by atoms with van der Waals surface area (Å²) in [6.07, 6.45) is -0.306. The number of ether oxygens (including phenoxy) is 2. The number of nitrogens with one attached hydrogen (secondary N) is 2. The van der Waals surface area contributed by atoms with Crippen LogP contribution in [0.1, 0.15) is 5.56 Å². The van der Waals surface area contributed by atoms with E-state index in [0.29, 0.717) is 22.3 Å². The largest absolute Gasteiger partial charge is 0.381 e. The summed E-state index contributed by atoms with van der Waals surface area (Å²) in [4.78, 5) is 0.164. The molecule has 0 amide bonds. The van der Waals surface area contributed by atoms with Crippen LogP contribution in [0.5, 0.6) is 0 Å². The van der Waals surface area contributed by atoms with Gasteiger partial charge in [-0.1, -0.05) is 0 Å². The lowest BCUT2D eigenvalue weighted by atomic mass is 10.2. The Morgan fingerprint density at radius 2 is 2.17 bits per heavy atom. The first kappa shape index (κ1) is 18.6. The third kappa shape index (κ3) is 4.42. The zero-order valence-electron chi connectivity index (χ0n) is 12.9. The van der Waals surface area contributed by atoms with Gasteiger partial charge in [-0.25, -0.2) is 17.5 Å². The molecule has 2 rings (SSSR count). The molecule has 0 saturated carbocycles. The van der Waals surface area contributed by atoms with Gasteiger partial charge in [0.2, 0.25) is 10.0 Å². The number of anilines is 1. The van der Waals surface area contributed by atoms with Gasteiger partial charge in [0.25, 0.3) is 0 Å². The average Bonchev–Trinajstić information content (AvgIpc) is 2.94. The smallest absolute Gasteiger partial charge is 0.241 e. The van der Waals surface area contributed by atoms with Crippen molar-refractivity contribution in [2.45, 2.75) is 24.0 Å². The third-order valence-electron chi connectivity index (χ3n) is 3.60. The molecule has 6 nitrogen and oxygen atoms in total. The number of hydrogen-bond donors (Lipinski definition) is 2. The zero-order valence-corrected chi connectivity index (χ0v) is 15.3. The van der Waals surface area contributed by atoms with E-state index in [1.807, 2.05) is 0 Å². The molecule has 0 aliphatic carbocycles. The third-order valence-corrected chi connectivity index (χ3v) is 5.89. The maximum atomic E-state index is 12.6. The Hall–Kier alpha value is -0.740. The number of hydrogen-bond acceptors (Lipinski definition) is 5. The van der Waals surface area contributed by atoms with Crippen LogP contribution in [-0.2, 0) is 19.5 Å². The van der Waals surface area contributed by atoms with Crippen LogP contribution in [0.3, 0.4) is 0 Å². The van der Waals surface area contributed by atoms with E-state index >= 15 is 0 Å². The highest BCUT2D eigenvalue weighted by molar-refractivity contribution is 9.10. The van der Waals surface area contributed by atoms with Crippen molar-refractivity contribution in [1.82, 2.24) is 4.72 Å². The van der Waals surface area contributed by atoms with Gasteiger partial charge in [-0.15, -0.1) is 0 Å². The molecule has 1 aliphatic rings. The van der Waals surface area contributed by atoms with Gasteiger partial charge in [-0.2, -0.15) is 0 Å². The first-order chi connectivity index (χ1) is 10.9. The molecule has 0 aromatic heterocycles. The molecule has 1 aliphatic heterocycles. The Kier molecular flexibility index (Phi) is 6.38. The van der Waals surface area contributed by atoms with Crippen LogP contribution in [0.25, 0.3) is 0 Å². The van der Waals surface area contributed by atoms with Crippen LogP contribution in [0.4, 0.5) is 10.1 Å². The Labute approximate surface area is 143 Å². The van der Waals surface area contributed by atoms with Crippen LogP contribution >= 0.6 is 15.9 Å². The summed E-state index contributed by atoms with van der Waals surface area (Å²) in [5.74, 6) is 0. The lowest BCUT2D eigenvalue weighted by Crippen LogP contribution is -2.43. The van der Waals surface area contributed by atoms with Crippen LogP contribution in [0, 0.1) is 6.92 Å². The van der Waals surface area contributed by atoms with E-state index in [1.54, 1.807) is 13.0 Å². The fraction of sp³-hybridized carbons (Fsp3) is 0.571. The van der Waals surface area contributed by atoms with Crippen molar-refractivity contribution in [1.29, 1.82) is 0 Å². The quantitative estimate of drug-likeness (QED) is 0.716. The number of aryl methyl sites for hydroxylation is 1. The minimum atomic E-state index is -3.72. The van der Waals surface area contributed by atoms with Gasteiger partial charge in [0.1, 0.15) is 6.67 Å². The molecule has 0 bridgehead atoms. The fourth-order valence-corrected chi connectivity index (χ4v) is 4.55. The molecule has 2 atom stereocenters. The second-order valence-electron chi connectivity index (χ2n) is 5.25. The van der Waals surface area contributed by atoms with Crippen LogP contribution < -0.4 is 10.0 Å². The van der Waals surface area contributed by atoms with E-state index in [0.717, 1.165) is 0 Å². The summed E-state index contributed by atoms with van der Waals surface area (Å²) in [6.45, 7) is 1.98. The summed E-state index contributed by atoms with van der Waals surface area (Å²) in [7, 11) is -2.20. The van der Waals surface area contributed by atoms with Gasteiger partial charge in [0.15, 0.2) is 0 Å². The first-order valence-electron chi connectivity index (χ1n) is 7.12. The fourth-order valence-electron chi connectivity index (χ4n) is 2.41. The molecule has 0 radical (unpaired) electrons. The second kappa shape index (κ2) is 7.89. The number of alkyl halides is 1. The van der Waals surface area contributed by atoms with Gasteiger partial charge in [0, 0.05) is 23.8 Å². The highest BCUT2D eigenvalue weighted by Gasteiger charge is 2.33. The van der Waals surface area contributed by atoms with Crippen molar-refractivity contribution in [3.8, 4) is 0 Å². The minimum Gasteiger partial charge on any atom is -0.381 e. The molecule has 1 fully saturated rings. The molecule has 1 heterocycles. The predicted octanol–water partition coefficient (Wildman–Crippen LogP) is 1.83. The minimum absolute atomic E-state index is 0.164. The highest BCUT2D eigenvalue weighted by atomic mass is 79.9. The van der Waals surface area contributed by atoms with Gasteiger partial charge < -0.3 is 14.8 Å². The summed E-state index contributed by atoms with van der Waals surface area (Å²) in [5, 5.41) is 2.89. The van der Waals surface area contributed by atoms with Crippen LogP contribution in [-0.4, -0.2) is 54.1 Å². The zero-order chi connectivity index (χ0) is 17.0. The van der Waals surface area contributed by atoms with E-state index in [9.17, 15) is 12.8 Å². The van der Waals surface area contributed by atoms with E-state index < -0.39 is 22.7 Å². The standard InChI is InChI=1S/C14H20BrFN2O4S/c1-9-5-11(17-4-3-16)10(15)6-14(9)23(19,20)18-12-7-22-8-13(12)21-2/h5-6,12-13,17-18H,3-4,7-8H2,1-2H3/t12-,13+/m0/s1. The Morgan fingerprint density at radius 1 is 1.43 bits per heavy atom. The molecule has 9 heteroatoms. The van der Waals surface area contributed by atoms with Crippen molar-refractivity contribution < 1.29 is 22.3 Å². The monoisotopic (exact) mass is 410 g/mol. The SMILES string of the molecule is CO[C@@H]1COC[C@@H]1NS(=O)(=O)c1cc(Br)c(NCCF)cc1C. The lowest BCUT2D eigenvalue weighted by Gasteiger charge is -2.19. The van der Waals surface area contributed by atoms with Crippen molar-refractivity contribution in [2.75, 3.05) is 38.9 Å². The number of methoxy groups -OCH3 is 1. The molecule has 130 valence electrons. The number of benzene rings is 1. The second-order valence-corrected chi connectivity index (χ2v) is 7.79. The first-order valence-corrected chi connectivity index (χ1v) is 9.39. The Morgan fingerprint density at radius 3 is 2.83 bits per heavy atom. The van der Waals surface area contributed by atoms with E-state index in [2.05, 4.69) is 26.0 Å². The van der Waals surface area contributed by atoms with Gasteiger partial charge in [-0.05, 0) is 40.5 Å². The van der Waals surface area contributed by atoms with Crippen molar-refractivity contribution in [3.63, 3.8) is 0 Å². The molecule has 0 unspecified atom stereocenters. The molecule has 1 aromatic carbocycles. The molecule has 23 heavy (non-hydrogen) atoms. The number of rotatable bonds is 7. The predicted molar refractivity (Wildman–Crippen MR) is 89.1 cm³/mol. The lowest BCUT2D eigenvalue weighted by molar-refractivity contribution is 0.0761. The summed E-state index contributed by atoms with van der Waals surface area (Å²) < 4.78 is 51.2. The van der Waals surface area contributed by atoms with Gasteiger partial charge >= 0.3 is 0 Å². The van der Waals surface area contributed by atoms with Crippen molar-refractivity contribution >= 4 is 31.6 Å². The van der Waals surface area contributed by atoms with Crippen molar-refractivity contribution in [2.24, 2.45) is 0 Å². The van der Waals surface area contributed by atoms with Gasteiger partial charge in [-0.3, -0.25) is 0 Å². The van der Waals surface area contributed by atoms with E-state index in [-0.39, 0.29) is 24.2 Å². The van der Waals surface area contributed by atoms with Crippen LogP contribution in [0.15, 0.2) is 21.5 Å². The maximum absolute atomic E-state index is 12.6. The molecule has 0 spiro atoms. The van der Waals surface area contributed by atoms with Crippen molar-refractivity contribution in [3.05, 3.63) is 22.2 Å². The topological polar surface area (TPSA) is 76.7 Å². The molecule has 1 aromatic rings. The highest BCUT2D eigenvalue weighted by Crippen LogP contribution is 2.29. The molecule has 1 saturated heterocycles. The van der Waals surface area contributed by atoms with E-state index in [4.69, 9.17) is 9.47 Å². The Bertz CT molecular complexity index is 656. The maximum Gasteiger partial charge on any atom is 0.241 e. The summed E-state index contributed by atoms with van der Waals surface area (Å²) in [5.41, 5.74) is 1.22.